The van der Waals surface area contributed by atoms with Crippen molar-refractivity contribution >= 4 is 17.6 Å². The first-order valence-corrected chi connectivity index (χ1v) is 9.81. The Labute approximate surface area is 156 Å². The summed E-state index contributed by atoms with van der Waals surface area (Å²) in [5.74, 6) is 2.63. The van der Waals surface area contributed by atoms with E-state index in [9.17, 15) is 4.79 Å². The van der Waals surface area contributed by atoms with E-state index in [1.54, 1.807) is 22.8 Å². The van der Waals surface area contributed by atoms with Gasteiger partial charge in [-0.15, -0.1) is 0 Å². The number of hydrogen-bond donors (Lipinski definition) is 1. The summed E-state index contributed by atoms with van der Waals surface area (Å²) < 4.78 is 1.72. The Morgan fingerprint density at radius 1 is 1.38 bits per heavy atom. The molecule has 1 N–H and O–H groups in total. The fraction of sp³-hybridized carbons (Fsp3) is 0.737. The maximum Gasteiger partial charge on any atom is 0.246 e. The van der Waals surface area contributed by atoms with Gasteiger partial charge < -0.3 is 15.1 Å². The Hall–Kier alpha value is -2.05. The third-order valence-corrected chi connectivity index (χ3v) is 5.62. The zero-order valence-corrected chi connectivity index (χ0v) is 16.3. The monoisotopic (exact) mass is 360 g/mol. The van der Waals surface area contributed by atoms with E-state index >= 15 is 0 Å². The molecule has 0 spiro atoms. The molecule has 144 valence electrons. The van der Waals surface area contributed by atoms with Gasteiger partial charge >= 0.3 is 0 Å². The van der Waals surface area contributed by atoms with Crippen LogP contribution in [0.25, 0.3) is 0 Å². The number of nitrogens with one attached hydrogen (secondary N) is 1. The molecule has 26 heavy (non-hydrogen) atoms. The number of aryl methyl sites for hydroxylation is 1. The summed E-state index contributed by atoms with van der Waals surface area (Å²) in [6.45, 7) is 5.09. The first-order valence-electron chi connectivity index (χ1n) is 9.81. The zero-order chi connectivity index (χ0) is 18.5. The predicted molar refractivity (Wildman–Crippen MR) is 104 cm³/mol. The fourth-order valence-electron chi connectivity index (χ4n) is 4.22. The molecule has 1 saturated heterocycles. The van der Waals surface area contributed by atoms with Crippen molar-refractivity contribution in [2.24, 2.45) is 23.9 Å². The molecule has 1 amide bonds. The average molecular weight is 361 g/mol. The quantitative estimate of drug-likeness (QED) is 0.657. The minimum Gasteiger partial charge on any atom is -0.356 e. The standard InChI is InChI=1S/C19H32N6O/c1-15-5-4-6-16(11-15)7-8-21-19(20-2)24-9-10-25(18(26)14-24)17-12-22-23(3)13-17/h12-13,15-16H,4-11,14H2,1-3H3,(H,20,21). The number of carbonyl (C=O) groups is 1. The van der Waals surface area contributed by atoms with Gasteiger partial charge in [-0.1, -0.05) is 26.2 Å². The highest BCUT2D eigenvalue weighted by Gasteiger charge is 2.27. The molecule has 7 heteroatoms. The number of carbonyl (C=O) groups excluding carboxylic acids is 1. The first kappa shape index (κ1) is 18.7. The van der Waals surface area contributed by atoms with E-state index in [4.69, 9.17) is 0 Å². The lowest BCUT2D eigenvalue weighted by molar-refractivity contribution is -0.120. The summed E-state index contributed by atoms with van der Waals surface area (Å²) in [4.78, 5) is 20.8. The number of aliphatic imine (C=N–C) groups is 1. The first-order chi connectivity index (χ1) is 12.6. The molecule has 1 aromatic heterocycles. The van der Waals surface area contributed by atoms with Crippen LogP contribution in [0.5, 0.6) is 0 Å². The Morgan fingerprint density at radius 2 is 2.23 bits per heavy atom. The molecular weight excluding hydrogens is 328 g/mol. The number of rotatable bonds is 4. The van der Waals surface area contributed by atoms with Gasteiger partial charge in [0.15, 0.2) is 5.96 Å². The van der Waals surface area contributed by atoms with Crippen LogP contribution < -0.4 is 10.2 Å². The van der Waals surface area contributed by atoms with Crippen molar-refractivity contribution in [3.8, 4) is 0 Å². The van der Waals surface area contributed by atoms with E-state index in [1.165, 1.54) is 32.1 Å². The van der Waals surface area contributed by atoms with Gasteiger partial charge in [-0.25, -0.2) is 0 Å². The molecule has 7 nitrogen and oxygen atoms in total. The molecule has 3 rings (SSSR count). The largest absolute Gasteiger partial charge is 0.356 e. The van der Waals surface area contributed by atoms with Gasteiger partial charge in [-0.2, -0.15) is 5.10 Å². The van der Waals surface area contributed by atoms with Crippen LogP contribution in [0.4, 0.5) is 5.69 Å². The summed E-state index contributed by atoms with van der Waals surface area (Å²) >= 11 is 0. The second-order valence-electron chi connectivity index (χ2n) is 7.74. The van der Waals surface area contributed by atoms with Gasteiger partial charge in [-0.3, -0.25) is 14.5 Å². The SMILES string of the molecule is CN=C(NCCC1CCCC(C)C1)N1CCN(c2cnn(C)c2)C(=O)C1. The van der Waals surface area contributed by atoms with Gasteiger partial charge in [0.25, 0.3) is 0 Å². The number of nitrogens with zero attached hydrogens (tertiary/aromatic N) is 5. The van der Waals surface area contributed by atoms with Crippen molar-refractivity contribution in [2.45, 2.75) is 39.0 Å². The Morgan fingerprint density at radius 3 is 2.88 bits per heavy atom. The summed E-state index contributed by atoms with van der Waals surface area (Å²) in [6.07, 6.45) is 10.3. The summed E-state index contributed by atoms with van der Waals surface area (Å²) in [7, 11) is 3.66. The van der Waals surface area contributed by atoms with Gasteiger partial charge in [0, 0.05) is 39.9 Å². The van der Waals surface area contributed by atoms with E-state index in [0.29, 0.717) is 13.1 Å². The number of guanidine groups is 1. The van der Waals surface area contributed by atoms with Crippen LogP contribution in [0, 0.1) is 11.8 Å². The molecule has 1 aliphatic carbocycles. The minimum atomic E-state index is 0.0910. The third-order valence-electron chi connectivity index (χ3n) is 5.62. The van der Waals surface area contributed by atoms with Crippen molar-refractivity contribution < 1.29 is 4.79 Å². The summed E-state index contributed by atoms with van der Waals surface area (Å²) in [5, 5.41) is 7.63. The summed E-state index contributed by atoms with van der Waals surface area (Å²) in [6, 6.07) is 0. The van der Waals surface area contributed by atoms with E-state index in [2.05, 4.69) is 27.2 Å². The van der Waals surface area contributed by atoms with Crippen molar-refractivity contribution in [3.63, 3.8) is 0 Å². The summed E-state index contributed by atoms with van der Waals surface area (Å²) in [5.41, 5.74) is 0.867. The van der Waals surface area contributed by atoms with Gasteiger partial charge in [-0.05, 0) is 24.7 Å². The molecule has 2 aliphatic rings. The number of piperazine rings is 1. The molecule has 2 fully saturated rings. The Bertz CT molecular complexity index is 640. The smallest absolute Gasteiger partial charge is 0.246 e. The van der Waals surface area contributed by atoms with Crippen molar-refractivity contribution in [1.82, 2.24) is 20.0 Å². The molecule has 1 aromatic rings. The van der Waals surface area contributed by atoms with E-state index in [0.717, 1.165) is 36.6 Å². The fourth-order valence-corrected chi connectivity index (χ4v) is 4.22. The van der Waals surface area contributed by atoms with Gasteiger partial charge in [0.05, 0.1) is 11.9 Å². The lowest BCUT2D eigenvalue weighted by atomic mass is 9.81. The number of anilines is 1. The van der Waals surface area contributed by atoms with E-state index < -0.39 is 0 Å². The van der Waals surface area contributed by atoms with Gasteiger partial charge in [0.2, 0.25) is 5.91 Å². The highest BCUT2D eigenvalue weighted by Crippen LogP contribution is 2.30. The highest BCUT2D eigenvalue weighted by molar-refractivity contribution is 5.98. The lowest BCUT2D eigenvalue weighted by Gasteiger charge is -2.35. The second kappa shape index (κ2) is 8.56. The second-order valence-corrected chi connectivity index (χ2v) is 7.74. The number of amides is 1. The molecule has 1 aliphatic heterocycles. The molecule has 2 unspecified atom stereocenters. The molecule has 2 heterocycles. The third kappa shape index (κ3) is 4.56. The lowest BCUT2D eigenvalue weighted by Crippen LogP contribution is -2.55. The molecule has 1 saturated carbocycles. The van der Waals surface area contributed by atoms with Crippen LogP contribution in [-0.4, -0.2) is 59.8 Å². The number of aromatic nitrogens is 2. The van der Waals surface area contributed by atoms with Crippen LogP contribution in [-0.2, 0) is 11.8 Å². The van der Waals surface area contributed by atoms with E-state index in [-0.39, 0.29) is 5.91 Å². The maximum atomic E-state index is 12.6. The molecule has 0 radical (unpaired) electrons. The van der Waals surface area contributed by atoms with Crippen molar-refractivity contribution in [1.29, 1.82) is 0 Å². The normalized spacial score (nSPS) is 24.9. The Balaban J connectivity index is 1.48. The molecule has 0 aromatic carbocycles. The molecular formula is C19H32N6O. The molecule has 2 atom stereocenters. The maximum absolute atomic E-state index is 12.6. The van der Waals surface area contributed by atoms with Gasteiger partial charge in [0.1, 0.15) is 6.54 Å². The van der Waals surface area contributed by atoms with Crippen LogP contribution in [0.15, 0.2) is 17.4 Å². The average Bonchev–Trinajstić information content (AvgIpc) is 3.05. The number of hydrogen-bond acceptors (Lipinski definition) is 3. The zero-order valence-electron chi connectivity index (χ0n) is 16.3. The van der Waals surface area contributed by atoms with Crippen LogP contribution in [0.1, 0.15) is 39.0 Å². The van der Waals surface area contributed by atoms with Crippen LogP contribution in [0.2, 0.25) is 0 Å². The van der Waals surface area contributed by atoms with Crippen LogP contribution >= 0.6 is 0 Å². The topological polar surface area (TPSA) is 65.8 Å². The van der Waals surface area contributed by atoms with Crippen LogP contribution in [0.3, 0.4) is 0 Å². The molecule has 0 bridgehead atoms. The van der Waals surface area contributed by atoms with Crippen molar-refractivity contribution in [2.75, 3.05) is 38.1 Å². The Kier molecular flexibility index (Phi) is 6.16. The predicted octanol–water partition coefficient (Wildman–Crippen LogP) is 1.86. The highest BCUT2D eigenvalue weighted by atomic mass is 16.2. The van der Waals surface area contributed by atoms with Crippen molar-refractivity contribution in [3.05, 3.63) is 12.4 Å². The minimum absolute atomic E-state index is 0.0910. The van der Waals surface area contributed by atoms with E-state index in [1.807, 2.05) is 13.2 Å².